The van der Waals surface area contributed by atoms with E-state index in [2.05, 4.69) is 20.5 Å². The fourth-order valence-corrected chi connectivity index (χ4v) is 2.42. The Morgan fingerprint density at radius 3 is 2.71 bits per heavy atom. The lowest BCUT2D eigenvalue weighted by Gasteiger charge is -2.05. The molecule has 0 unspecified atom stereocenters. The molecule has 7 heteroatoms. The van der Waals surface area contributed by atoms with Crippen molar-refractivity contribution < 1.29 is 9.18 Å². The Balaban J connectivity index is 1.70. The first-order valence-electron chi connectivity index (χ1n) is 7.25. The van der Waals surface area contributed by atoms with E-state index in [1.54, 1.807) is 0 Å². The predicted octanol–water partition coefficient (Wildman–Crippen LogP) is 3.75. The summed E-state index contributed by atoms with van der Waals surface area (Å²) in [6, 6.07) is 12.0. The van der Waals surface area contributed by atoms with Crippen LogP contribution in [0.3, 0.4) is 0 Å². The van der Waals surface area contributed by atoms with E-state index in [1.807, 2.05) is 31.2 Å². The van der Waals surface area contributed by atoms with Crippen LogP contribution in [0.5, 0.6) is 0 Å². The molecule has 0 radical (unpaired) electrons. The van der Waals surface area contributed by atoms with Crippen LogP contribution >= 0.6 is 11.6 Å². The van der Waals surface area contributed by atoms with Gasteiger partial charge in [-0.05, 0) is 19.1 Å². The molecule has 0 saturated carbocycles. The molecule has 0 aliphatic rings. The van der Waals surface area contributed by atoms with Gasteiger partial charge in [-0.25, -0.2) is 4.39 Å². The lowest BCUT2D eigenvalue weighted by Crippen LogP contribution is -2.16. The standard InChI is InChI=1S/C17H14ClFN4O/c1-10-5-7-11(8-6-10)16-21-17(23-22-16)20-15(24)9-12-13(18)3-2-4-14(12)19/h2-8H,9H2,1H3,(H2,20,21,22,23,24). The highest BCUT2D eigenvalue weighted by atomic mass is 35.5. The fourth-order valence-electron chi connectivity index (χ4n) is 2.19. The van der Waals surface area contributed by atoms with E-state index in [9.17, 15) is 9.18 Å². The topological polar surface area (TPSA) is 70.7 Å². The highest BCUT2D eigenvalue weighted by molar-refractivity contribution is 6.31. The molecule has 0 bridgehead atoms. The molecule has 2 aromatic carbocycles. The summed E-state index contributed by atoms with van der Waals surface area (Å²) in [5.74, 6) is -0.304. The number of halogens is 2. The van der Waals surface area contributed by atoms with Gasteiger partial charge in [0.25, 0.3) is 0 Å². The number of aryl methyl sites for hydroxylation is 1. The Kier molecular flexibility index (Phi) is 4.57. The van der Waals surface area contributed by atoms with E-state index in [1.165, 1.54) is 18.2 Å². The molecule has 122 valence electrons. The molecule has 0 saturated heterocycles. The zero-order chi connectivity index (χ0) is 17.1. The third-order valence-electron chi connectivity index (χ3n) is 3.46. The number of hydrogen-bond donors (Lipinski definition) is 2. The van der Waals surface area contributed by atoms with Crippen molar-refractivity contribution in [2.75, 3.05) is 5.32 Å². The van der Waals surface area contributed by atoms with E-state index in [0.717, 1.165) is 11.1 Å². The molecule has 1 heterocycles. The summed E-state index contributed by atoms with van der Waals surface area (Å²) < 4.78 is 13.7. The number of H-pyrrole nitrogens is 1. The number of hydrogen-bond acceptors (Lipinski definition) is 3. The van der Waals surface area contributed by atoms with Crippen molar-refractivity contribution in [3.8, 4) is 11.4 Å². The fraction of sp³-hybridized carbons (Fsp3) is 0.118. The molecule has 1 aromatic heterocycles. The molecule has 3 aromatic rings. The summed E-state index contributed by atoms with van der Waals surface area (Å²) in [4.78, 5) is 16.3. The van der Waals surface area contributed by atoms with Gasteiger partial charge >= 0.3 is 0 Å². The molecule has 0 fully saturated rings. The van der Waals surface area contributed by atoms with E-state index in [4.69, 9.17) is 11.6 Å². The highest BCUT2D eigenvalue weighted by Crippen LogP contribution is 2.20. The van der Waals surface area contributed by atoms with Crippen LogP contribution in [0.15, 0.2) is 42.5 Å². The Hall–Kier alpha value is -2.73. The molecule has 24 heavy (non-hydrogen) atoms. The summed E-state index contributed by atoms with van der Waals surface area (Å²) in [7, 11) is 0. The molecule has 0 aliphatic carbocycles. The van der Waals surface area contributed by atoms with Crippen molar-refractivity contribution >= 4 is 23.5 Å². The first kappa shape index (κ1) is 16.1. The third kappa shape index (κ3) is 3.60. The van der Waals surface area contributed by atoms with Gasteiger partial charge < -0.3 is 0 Å². The second kappa shape index (κ2) is 6.80. The number of amides is 1. The van der Waals surface area contributed by atoms with Gasteiger partial charge in [0.1, 0.15) is 5.82 Å². The quantitative estimate of drug-likeness (QED) is 0.757. The van der Waals surface area contributed by atoms with Gasteiger partial charge in [-0.2, -0.15) is 4.98 Å². The maximum Gasteiger partial charge on any atom is 0.249 e. The van der Waals surface area contributed by atoms with Crippen LogP contribution in [-0.4, -0.2) is 21.1 Å². The third-order valence-corrected chi connectivity index (χ3v) is 3.81. The van der Waals surface area contributed by atoms with Gasteiger partial charge in [-0.3, -0.25) is 15.2 Å². The van der Waals surface area contributed by atoms with Gasteiger partial charge in [0, 0.05) is 16.1 Å². The first-order valence-corrected chi connectivity index (χ1v) is 7.63. The van der Waals surface area contributed by atoms with Crippen LogP contribution < -0.4 is 5.32 Å². The monoisotopic (exact) mass is 344 g/mol. The molecular formula is C17H14ClFN4O. The molecule has 2 N–H and O–H groups in total. The average molecular weight is 345 g/mol. The lowest BCUT2D eigenvalue weighted by molar-refractivity contribution is -0.115. The Morgan fingerprint density at radius 2 is 2.00 bits per heavy atom. The summed E-state index contributed by atoms with van der Waals surface area (Å²) >= 11 is 5.92. The van der Waals surface area contributed by atoms with Crippen LogP contribution in [0.2, 0.25) is 5.02 Å². The zero-order valence-corrected chi connectivity index (χ0v) is 13.6. The number of anilines is 1. The normalized spacial score (nSPS) is 10.6. The van der Waals surface area contributed by atoms with Crippen molar-refractivity contribution in [3.63, 3.8) is 0 Å². The van der Waals surface area contributed by atoms with Crippen molar-refractivity contribution in [1.29, 1.82) is 0 Å². The molecule has 0 atom stereocenters. The SMILES string of the molecule is Cc1ccc(-c2nc(NC(=O)Cc3c(F)cccc3Cl)n[nH]2)cc1. The van der Waals surface area contributed by atoms with Crippen molar-refractivity contribution in [1.82, 2.24) is 15.2 Å². The second-order valence-electron chi connectivity index (χ2n) is 5.30. The summed E-state index contributed by atoms with van der Waals surface area (Å²) in [6.45, 7) is 1.99. The molecule has 5 nitrogen and oxygen atoms in total. The van der Waals surface area contributed by atoms with Gasteiger partial charge in [0.2, 0.25) is 11.9 Å². The first-order chi connectivity index (χ1) is 11.5. The minimum atomic E-state index is -0.520. The number of nitrogens with zero attached hydrogens (tertiary/aromatic N) is 2. The Bertz CT molecular complexity index is 856. The van der Waals surface area contributed by atoms with E-state index >= 15 is 0 Å². The Morgan fingerprint density at radius 1 is 1.25 bits per heavy atom. The number of rotatable bonds is 4. The predicted molar refractivity (Wildman–Crippen MR) is 90.3 cm³/mol. The minimum absolute atomic E-state index is 0.128. The van der Waals surface area contributed by atoms with Gasteiger partial charge in [0.15, 0.2) is 5.82 Å². The number of carbonyl (C=O) groups is 1. The molecule has 1 amide bonds. The van der Waals surface area contributed by atoms with Crippen LogP contribution in [0.4, 0.5) is 10.3 Å². The molecule has 0 spiro atoms. The van der Waals surface area contributed by atoms with Gasteiger partial charge in [-0.1, -0.05) is 47.5 Å². The van der Waals surface area contributed by atoms with Crippen molar-refractivity contribution in [3.05, 3.63) is 64.4 Å². The Labute approximate surface area is 142 Å². The van der Waals surface area contributed by atoms with Crippen LogP contribution in [0.25, 0.3) is 11.4 Å². The van der Waals surface area contributed by atoms with Crippen LogP contribution in [0.1, 0.15) is 11.1 Å². The van der Waals surface area contributed by atoms with Gasteiger partial charge in [0.05, 0.1) is 6.42 Å². The second-order valence-corrected chi connectivity index (χ2v) is 5.71. The summed E-state index contributed by atoms with van der Waals surface area (Å²) in [5.41, 5.74) is 2.13. The zero-order valence-electron chi connectivity index (χ0n) is 12.8. The minimum Gasteiger partial charge on any atom is -0.293 e. The average Bonchev–Trinajstić information content (AvgIpc) is 3.00. The number of aromatic nitrogens is 3. The van der Waals surface area contributed by atoms with Gasteiger partial charge in [-0.15, -0.1) is 5.10 Å². The largest absolute Gasteiger partial charge is 0.293 e. The molecule has 3 rings (SSSR count). The van der Waals surface area contributed by atoms with Crippen molar-refractivity contribution in [2.24, 2.45) is 0 Å². The number of nitrogens with one attached hydrogen (secondary N) is 2. The number of benzene rings is 2. The van der Waals surface area contributed by atoms with Crippen LogP contribution in [-0.2, 0) is 11.2 Å². The number of aromatic amines is 1. The van der Waals surface area contributed by atoms with Crippen LogP contribution in [0, 0.1) is 12.7 Å². The molecule has 0 aliphatic heterocycles. The van der Waals surface area contributed by atoms with E-state index in [-0.39, 0.29) is 23.0 Å². The highest BCUT2D eigenvalue weighted by Gasteiger charge is 2.14. The lowest BCUT2D eigenvalue weighted by atomic mass is 10.1. The molecular weight excluding hydrogens is 331 g/mol. The summed E-state index contributed by atoms with van der Waals surface area (Å²) in [6.07, 6.45) is -0.195. The smallest absolute Gasteiger partial charge is 0.249 e. The maximum absolute atomic E-state index is 13.7. The maximum atomic E-state index is 13.7. The van der Waals surface area contributed by atoms with Crippen molar-refractivity contribution in [2.45, 2.75) is 13.3 Å². The summed E-state index contributed by atoms with van der Waals surface area (Å²) in [5, 5.41) is 9.44. The number of carbonyl (C=O) groups excluding carboxylic acids is 1. The van der Waals surface area contributed by atoms with E-state index < -0.39 is 11.7 Å². The van der Waals surface area contributed by atoms with E-state index in [0.29, 0.717) is 5.82 Å².